The highest BCUT2D eigenvalue weighted by Gasteiger charge is 2.32. The van der Waals surface area contributed by atoms with E-state index in [0.29, 0.717) is 11.8 Å². The second kappa shape index (κ2) is 6.40. The predicted octanol–water partition coefficient (Wildman–Crippen LogP) is 2.53. The van der Waals surface area contributed by atoms with Gasteiger partial charge >= 0.3 is 0 Å². The van der Waals surface area contributed by atoms with Gasteiger partial charge in [0, 0.05) is 13.1 Å². The van der Waals surface area contributed by atoms with Crippen molar-refractivity contribution in [1.29, 1.82) is 0 Å². The highest BCUT2D eigenvalue weighted by molar-refractivity contribution is 5.85. The number of hydrogen-bond acceptors (Lipinski definition) is 2. The number of nitrogens with zero attached hydrogens (tertiary/aromatic N) is 1. The number of carbonyl (C=O) groups is 1. The predicted molar refractivity (Wildman–Crippen MR) is 80.3 cm³/mol. The quantitative estimate of drug-likeness (QED) is 0.906. The van der Waals surface area contributed by atoms with E-state index in [1.54, 1.807) is 0 Å². The van der Waals surface area contributed by atoms with Crippen LogP contribution in [0.2, 0.25) is 0 Å². The van der Waals surface area contributed by atoms with Crippen LogP contribution in [0, 0.1) is 18.8 Å². The van der Waals surface area contributed by atoms with E-state index in [9.17, 15) is 4.79 Å². The minimum absolute atomic E-state index is 0. The van der Waals surface area contributed by atoms with Gasteiger partial charge in [-0.15, -0.1) is 12.4 Å². The van der Waals surface area contributed by atoms with Crippen LogP contribution in [0.5, 0.6) is 0 Å². The Morgan fingerprint density at radius 3 is 2.16 bits per heavy atom. The molecule has 3 unspecified atom stereocenters. The molecule has 1 aromatic rings. The molecule has 2 N–H and O–H groups in total. The third-order valence-electron chi connectivity index (χ3n) is 4.00. The molecule has 3 nitrogen and oxygen atoms in total. The zero-order valence-corrected chi connectivity index (χ0v) is 12.6. The lowest BCUT2D eigenvalue weighted by Crippen LogP contribution is -2.37. The second-order valence-corrected chi connectivity index (χ2v) is 5.59. The van der Waals surface area contributed by atoms with Crippen molar-refractivity contribution in [2.75, 3.05) is 13.1 Å². The monoisotopic (exact) mass is 282 g/mol. The van der Waals surface area contributed by atoms with E-state index in [1.807, 2.05) is 36.1 Å². The van der Waals surface area contributed by atoms with Gasteiger partial charge in [-0.05, 0) is 24.3 Å². The van der Waals surface area contributed by atoms with Crippen LogP contribution in [0.4, 0.5) is 0 Å². The van der Waals surface area contributed by atoms with Gasteiger partial charge in [0.1, 0.15) is 6.04 Å². The normalized spacial score (nSPS) is 23.9. The Balaban J connectivity index is 0.00000180. The molecule has 1 aromatic carbocycles. The van der Waals surface area contributed by atoms with Gasteiger partial charge in [0.25, 0.3) is 0 Å². The van der Waals surface area contributed by atoms with Crippen LogP contribution < -0.4 is 5.73 Å². The first-order valence-electron chi connectivity index (χ1n) is 6.60. The molecule has 4 heteroatoms. The topological polar surface area (TPSA) is 46.3 Å². The summed E-state index contributed by atoms with van der Waals surface area (Å²) in [7, 11) is 0. The Kier molecular flexibility index (Phi) is 5.39. The first-order valence-corrected chi connectivity index (χ1v) is 6.60. The van der Waals surface area contributed by atoms with Crippen LogP contribution in [0.1, 0.15) is 31.0 Å². The van der Waals surface area contributed by atoms with Crippen molar-refractivity contribution in [3.63, 3.8) is 0 Å². The van der Waals surface area contributed by atoms with Crippen molar-refractivity contribution in [3.8, 4) is 0 Å². The third kappa shape index (κ3) is 3.48. The fourth-order valence-corrected chi connectivity index (χ4v) is 2.42. The van der Waals surface area contributed by atoms with E-state index in [2.05, 4.69) is 13.8 Å². The van der Waals surface area contributed by atoms with Gasteiger partial charge in [-0.3, -0.25) is 4.79 Å². The largest absolute Gasteiger partial charge is 0.340 e. The standard InChI is InChI=1S/C15H22N2O.ClH/c1-10-4-6-13(7-5-10)14(16)15(18)17-8-11(2)12(3)9-17;/h4-7,11-12,14H,8-9,16H2,1-3H3;1H. The molecule has 1 amide bonds. The highest BCUT2D eigenvalue weighted by Crippen LogP contribution is 2.25. The molecule has 0 bridgehead atoms. The van der Waals surface area contributed by atoms with Crippen molar-refractivity contribution in [3.05, 3.63) is 35.4 Å². The fourth-order valence-electron chi connectivity index (χ4n) is 2.42. The summed E-state index contributed by atoms with van der Waals surface area (Å²) in [5.41, 5.74) is 8.15. The Labute approximate surface area is 121 Å². The van der Waals surface area contributed by atoms with E-state index < -0.39 is 6.04 Å². The van der Waals surface area contributed by atoms with Crippen LogP contribution >= 0.6 is 12.4 Å². The van der Waals surface area contributed by atoms with Crippen LogP contribution in [0.3, 0.4) is 0 Å². The van der Waals surface area contributed by atoms with E-state index in [-0.39, 0.29) is 18.3 Å². The Bertz CT molecular complexity index is 422. The second-order valence-electron chi connectivity index (χ2n) is 5.59. The maximum Gasteiger partial charge on any atom is 0.244 e. The van der Waals surface area contributed by atoms with Crippen molar-refractivity contribution in [2.24, 2.45) is 17.6 Å². The van der Waals surface area contributed by atoms with Gasteiger partial charge in [-0.25, -0.2) is 0 Å². The SMILES string of the molecule is Cc1ccc(C(N)C(=O)N2CC(C)C(C)C2)cc1.Cl. The number of carbonyl (C=O) groups excluding carboxylic acids is 1. The molecule has 0 saturated carbocycles. The van der Waals surface area contributed by atoms with Crippen LogP contribution in [-0.4, -0.2) is 23.9 Å². The van der Waals surface area contributed by atoms with E-state index in [0.717, 1.165) is 18.7 Å². The van der Waals surface area contributed by atoms with Gasteiger partial charge in [-0.2, -0.15) is 0 Å². The summed E-state index contributed by atoms with van der Waals surface area (Å²) in [6, 6.07) is 7.36. The first kappa shape index (κ1) is 16.0. The molecule has 1 fully saturated rings. The fraction of sp³-hybridized carbons (Fsp3) is 0.533. The van der Waals surface area contributed by atoms with Crippen LogP contribution in [-0.2, 0) is 4.79 Å². The van der Waals surface area contributed by atoms with Crippen molar-refractivity contribution in [2.45, 2.75) is 26.8 Å². The lowest BCUT2D eigenvalue weighted by Gasteiger charge is -2.21. The number of benzene rings is 1. The lowest BCUT2D eigenvalue weighted by molar-refractivity contribution is -0.131. The number of likely N-dealkylation sites (tertiary alicyclic amines) is 1. The molecule has 3 atom stereocenters. The van der Waals surface area contributed by atoms with Crippen LogP contribution in [0.25, 0.3) is 0 Å². The average molecular weight is 283 g/mol. The zero-order chi connectivity index (χ0) is 13.3. The van der Waals surface area contributed by atoms with Gasteiger partial charge in [0.2, 0.25) is 5.91 Å². The number of amides is 1. The molecule has 1 aliphatic heterocycles. The Hall–Kier alpha value is -1.06. The van der Waals surface area contributed by atoms with Crippen LogP contribution in [0.15, 0.2) is 24.3 Å². The van der Waals surface area contributed by atoms with Crippen molar-refractivity contribution >= 4 is 18.3 Å². The molecule has 0 radical (unpaired) electrons. The third-order valence-corrected chi connectivity index (χ3v) is 4.00. The first-order chi connectivity index (χ1) is 8.49. The molecular weight excluding hydrogens is 260 g/mol. The van der Waals surface area contributed by atoms with Gasteiger partial charge < -0.3 is 10.6 Å². The maximum absolute atomic E-state index is 12.3. The molecular formula is C15H23ClN2O. The minimum atomic E-state index is -0.525. The molecule has 106 valence electrons. The van der Waals surface area contributed by atoms with Gasteiger partial charge in [0.15, 0.2) is 0 Å². The van der Waals surface area contributed by atoms with E-state index >= 15 is 0 Å². The summed E-state index contributed by atoms with van der Waals surface area (Å²) in [6.07, 6.45) is 0. The molecule has 0 aliphatic carbocycles. The molecule has 1 heterocycles. The summed E-state index contributed by atoms with van der Waals surface area (Å²) in [5, 5.41) is 0. The summed E-state index contributed by atoms with van der Waals surface area (Å²) in [5.74, 6) is 1.19. The summed E-state index contributed by atoms with van der Waals surface area (Å²) in [4.78, 5) is 14.2. The molecule has 1 saturated heterocycles. The number of rotatable bonds is 2. The van der Waals surface area contributed by atoms with Crippen molar-refractivity contribution in [1.82, 2.24) is 4.90 Å². The molecule has 0 aromatic heterocycles. The Morgan fingerprint density at radius 2 is 1.68 bits per heavy atom. The summed E-state index contributed by atoms with van der Waals surface area (Å²) >= 11 is 0. The lowest BCUT2D eigenvalue weighted by atomic mass is 10.0. The van der Waals surface area contributed by atoms with E-state index in [4.69, 9.17) is 5.73 Å². The smallest absolute Gasteiger partial charge is 0.244 e. The Morgan fingerprint density at radius 1 is 1.21 bits per heavy atom. The van der Waals surface area contributed by atoms with Crippen molar-refractivity contribution < 1.29 is 4.79 Å². The minimum Gasteiger partial charge on any atom is -0.340 e. The summed E-state index contributed by atoms with van der Waals surface area (Å²) < 4.78 is 0. The molecule has 2 rings (SSSR count). The number of hydrogen-bond donors (Lipinski definition) is 1. The number of halogens is 1. The molecule has 1 aliphatic rings. The molecule has 19 heavy (non-hydrogen) atoms. The highest BCUT2D eigenvalue weighted by atomic mass is 35.5. The van der Waals surface area contributed by atoms with E-state index in [1.165, 1.54) is 5.56 Å². The number of nitrogens with two attached hydrogens (primary N) is 1. The zero-order valence-electron chi connectivity index (χ0n) is 11.8. The summed E-state index contributed by atoms with van der Waals surface area (Å²) in [6.45, 7) is 8.07. The average Bonchev–Trinajstić information content (AvgIpc) is 2.69. The number of aryl methyl sites for hydroxylation is 1. The maximum atomic E-state index is 12.3. The molecule has 0 spiro atoms. The van der Waals surface area contributed by atoms with Gasteiger partial charge in [-0.1, -0.05) is 43.7 Å². The van der Waals surface area contributed by atoms with Gasteiger partial charge in [0.05, 0.1) is 0 Å².